The molecule has 0 bridgehead atoms. The Balaban J connectivity index is 1.77. The second-order valence-electron chi connectivity index (χ2n) is 7.71. The molecule has 150 valence electrons. The number of rotatable bonds is 5. The number of fused-ring (bicyclic) bond motifs is 1. The molecule has 8 nitrogen and oxygen atoms in total. The van der Waals surface area contributed by atoms with Crippen molar-refractivity contribution in [1.29, 1.82) is 0 Å². The Labute approximate surface area is 164 Å². The van der Waals surface area contributed by atoms with Gasteiger partial charge in [-0.2, -0.15) is 9.78 Å². The van der Waals surface area contributed by atoms with Gasteiger partial charge in [0.1, 0.15) is 12.2 Å². The summed E-state index contributed by atoms with van der Waals surface area (Å²) in [5, 5.41) is 4.04. The normalized spacial score (nSPS) is 19.1. The minimum absolute atomic E-state index is 0.115. The van der Waals surface area contributed by atoms with Gasteiger partial charge in [-0.25, -0.2) is 9.59 Å². The molecule has 0 spiro atoms. The molecule has 28 heavy (non-hydrogen) atoms. The van der Waals surface area contributed by atoms with Crippen LogP contribution in [-0.2, 0) is 20.8 Å². The summed E-state index contributed by atoms with van der Waals surface area (Å²) in [7, 11) is 1.93. The van der Waals surface area contributed by atoms with E-state index in [0.717, 1.165) is 5.56 Å². The van der Waals surface area contributed by atoms with Crippen LogP contribution in [0.5, 0.6) is 0 Å². The van der Waals surface area contributed by atoms with Gasteiger partial charge in [0, 0.05) is 12.7 Å². The summed E-state index contributed by atoms with van der Waals surface area (Å²) in [6.07, 6.45) is -0.524. The first kappa shape index (κ1) is 19.9. The zero-order chi connectivity index (χ0) is 20.3. The number of nitrogens with zero attached hydrogens (tertiary/aromatic N) is 3. The molecular formula is C20H25N3O5. The van der Waals surface area contributed by atoms with Crippen LogP contribution in [0.2, 0.25) is 0 Å². The molecule has 0 aliphatic carbocycles. The molecule has 0 N–H and O–H groups in total. The maximum atomic E-state index is 12.2. The second-order valence-corrected chi connectivity index (χ2v) is 7.71. The summed E-state index contributed by atoms with van der Waals surface area (Å²) in [6.45, 7) is 5.77. The van der Waals surface area contributed by atoms with Crippen LogP contribution in [0, 0.1) is 0 Å². The van der Waals surface area contributed by atoms with Gasteiger partial charge in [0.25, 0.3) is 0 Å². The van der Waals surface area contributed by atoms with Gasteiger partial charge in [-0.3, -0.25) is 4.90 Å². The zero-order valence-corrected chi connectivity index (χ0v) is 16.5. The Morgan fingerprint density at radius 3 is 2.64 bits per heavy atom. The van der Waals surface area contributed by atoms with Crippen LogP contribution in [0.1, 0.15) is 38.1 Å². The van der Waals surface area contributed by atoms with E-state index in [4.69, 9.17) is 14.2 Å². The fraction of sp³-hybridized carbons (Fsp3) is 0.450. The first-order chi connectivity index (χ1) is 13.2. The minimum atomic E-state index is -0.799. The van der Waals surface area contributed by atoms with E-state index < -0.39 is 24.0 Å². The van der Waals surface area contributed by atoms with E-state index in [1.165, 1.54) is 4.68 Å². The van der Waals surface area contributed by atoms with Gasteiger partial charge >= 0.3 is 12.2 Å². The molecule has 0 amide bonds. The van der Waals surface area contributed by atoms with Crippen molar-refractivity contribution in [1.82, 2.24) is 14.7 Å². The highest BCUT2D eigenvalue weighted by Crippen LogP contribution is 2.31. The van der Waals surface area contributed by atoms with Gasteiger partial charge < -0.3 is 14.2 Å². The van der Waals surface area contributed by atoms with Crippen molar-refractivity contribution in [2.24, 2.45) is 0 Å². The number of cyclic esters (lactones) is 1. The third kappa shape index (κ3) is 4.69. The first-order valence-corrected chi connectivity index (χ1v) is 9.09. The summed E-state index contributed by atoms with van der Waals surface area (Å²) in [5.74, 6) is 0. The zero-order valence-electron chi connectivity index (χ0n) is 16.5. The summed E-state index contributed by atoms with van der Waals surface area (Å²) >= 11 is 0. The average Bonchev–Trinajstić information content (AvgIpc) is 3.09. The number of carbonyl (C=O) groups is 2. The molecule has 0 fully saturated rings. The molecule has 2 heterocycles. The Kier molecular flexibility index (Phi) is 5.69. The van der Waals surface area contributed by atoms with Crippen molar-refractivity contribution < 1.29 is 23.8 Å². The van der Waals surface area contributed by atoms with Gasteiger partial charge in [0.15, 0.2) is 6.10 Å². The van der Waals surface area contributed by atoms with Crippen LogP contribution in [0.15, 0.2) is 42.6 Å². The van der Waals surface area contributed by atoms with Gasteiger partial charge in [0.05, 0.1) is 11.7 Å². The van der Waals surface area contributed by atoms with Crippen LogP contribution >= 0.6 is 0 Å². The van der Waals surface area contributed by atoms with Crippen molar-refractivity contribution >= 4 is 12.2 Å². The van der Waals surface area contributed by atoms with E-state index in [2.05, 4.69) is 5.10 Å². The predicted octanol–water partition coefficient (Wildman–Crippen LogP) is 3.37. The van der Waals surface area contributed by atoms with Crippen molar-refractivity contribution in [2.75, 3.05) is 13.7 Å². The predicted molar refractivity (Wildman–Crippen MR) is 101 cm³/mol. The van der Waals surface area contributed by atoms with E-state index in [0.29, 0.717) is 12.2 Å². The lowest BCUT2D eigenvalue weighted by Crippen LogP contribution is -2.46. The monoisotopic (exact) mass is 387 g/mol. The SMILES string of the molecule is CN(Cc1ccccc1)[C@@H]1c2ccnn2C(=O)O[C@@H]1COC(=O)OC(C)(C)C. The number of hydrogen-bond donors (Lipinski definition) is 0. The molecule has 0 saturated carbocycles. The lowest BCUT2D eigenvalue weighted by Gasteiger charge is -2.36. The molecule has 0 radical (unpaired) electrons. The number of benzene rings is 1. The standard InChI is InChI=1S/C20H25N3O5/c1-20(2,3)28-19(25)26-13-16-17(15-10-11-21-23(15)18(24)27-16)22(4)12-14-8-6-5-7-9-14/h5-11,16-17H,12-13H2,1-4H3/t16-,17-/m1/s1. The molecule has 2 aromatic rings. The number of likely N-dealkylation sites (N-methyl/N-ethyl adjacent to an activating group) is 1. The highest BCUT2D eigenvalue weighted by molar-refractivity contribution is 5.72. The van der Waals surface area contributed by atoms with Gasteiger partial charge in [0.2, 0.25) is 0 Å². The van der Waals surface area contributed by atoms with Crippen molar-refractivity contribution in [3.05, 3.63) is 53.9 Å². The lowest BCUT2D eigenvalue weighted by molar-refractivity contribution is -0.0535. The molecule has 2 atom stereocenters. The largest absolute Gasteiger partial charge is 0.508 e. The van der Waals surface area contributed by atoms with E-state index in [-0.39, 0.29) is 12.6 Å². The van der Waals surface area contributed by atoms with Crippen molar-refractivity contribution in [3.63, 3.8) is 0 Å². The van der Waals surface area contributed by atoms with Crippen LogP contribution in [0.4, 0.5) is 9.59 Å². The van der Waals surface area contributed by atoms with Crippen LogP contribution in [-0.4, -0.2) is 52.3 Å². The van der Waals surface area contributed by atoms with E-state index in [1.54, 1.807) is 33.0 Å². The van der Waals surface area contributed by atoms with E-state index in [9.17, 15) is 9.59 Å². The van der Waals surface area contributed by atoms with Gasteiger partial charge in [-0.1, -0.05) is 30.3 Å². The molecule has 0 unspecified atom stereocenters. The highest BCUT2D eigenvalue weighted by Gasteiger charge is 2.40. The Hall–Kier alpha value is -2.87. The van der Waals surface area contributed by atoms with Crippen molar-refractivity contribution in [2.45, 2.75) is 45.1 Å². The summed E-state index contributed by atoms with van der Waals surface area (Å²) in [5.41, 5.74) is 1.13. The van der Waals surface area contributed by atoms with E-state index in [1.807, 2.05) is 42.3 Å². The number of aromatic nitrogens is 2. The summed E-state index contributed by atoms with van der Waals surface area (Å²) < 4.78 is 17.1. The second kappa shape index (κ2) is 8.02. The minimum Gasteiger partial charge on any atom is -0.439 e. The smallest absolute Gasteiger partial charge is 0.439 e. The Morgan fingerprint density at radius 2 is 1.96 bits per heavy atom. The maximum absolute atomic E-state index is 12.2. The topological polar surface area (TPSA) is 82.9 Å². The number of ether oxygens (including phenoxy) is 3. The van der Waals surface area contributed by atoms with E-state index >= 15 is 0 Å². The first-order valence-electron chi connectivity index (χ1n) is 9.09. The van der Waals surface area contributed by atoms with Crippen LogP contribution < -0.4 is 0 Å². The third-order valence-corrected chi connectivity index (χ3v) is 4.26. The molecule has 3 rings (SSSR count). The molecule has 8 heteroatoms. The van der Waals surface area contributed by atoms with Crippen LogP contribution in [0.3, 0.4) is 0 Å². The summed E-state index contributed by atoms with van der Waals surface area (Å²) in [4.78, 5) is 26.2. The molecular weight excluding hydrogens is 362 g/mol. The van der Waals surface area contributed by atoms with Gasteiger partial charge in [-0.15, -0.1) is 0 Å². The fourth-order valence-electron chi connectivity index (χ4n) is 3.16. The van der Waals surface area contributed by atoms with Gasteiger partial charge in [-0.05, 0) is 39.4 Å². The molecule has 0 saturated heterocycles. The molecule has 1 aromatic heterocycles. The molecule has 1 aromatic carbocycles. The maximum Gasteiger partial charge on any atom is 0.508 e. The third-order valence-electron chi connectivity index (χ3n) is 4.26. The fourth-order valence-corrected chi connectivity index (χ4v) is 3.16. The quantitative estimate of drug-likeness (QED) is 0.727. The number of carbonyl (C=O) groups excluding carboxylic acids is 2. The summed E-state index contributed by atoms with van der Waals surface area (Å²) in [6, 6.07) is 11.4. The lowest BCUT2D eigenvalue weighted by atomic mass is 10.0. The average molecular weight is 387 g/mol. The van der Waals surface area contributed by atoms with Crippen molar-refractivity contribution in [3.8, 4) is 0 Å². The number of hydrogen-bond acceptors (Lipinski definition) is 7. The van der Waals surface area contributed by atoms with Crippen LogP contribution in [0.25, 0.3) is 0 Å². The Morgan fingerprint density at radius 1 is 1.25 bits per heavy atom. The molecule has 1 aliphatic rings. The molecule has 1 aliphatic heterocycles. The Bertz CT molecular complexity index is 828. The highest BCUT2D eigenvalue weighted by atomic mass is 16.7.